The van der Waals surface area contributed by atoms with E-state index >= 15 is 0 Å². The van der Waals surface area contributed by atoms with Crippen LogP contribution in [0.15, 0.2) is 22.7 Å². The highest BCUT2D eigenvalue weighted by Crippen LogP contribution is 2.28. The van der Waals surface area contributed by atoms with Gasteiger partial charge in [-0.2, -0.15) is 0 Å². The molecule has 11 heavy (non-hydrogen) atoms. The lowest BCUT2D eigenvalue weighted by atomic mass is 10.1. The minimum Gasteiger partial charge on any atom is -0.207 e. The fourth-order valence-electron chi connectivity index (χ4n) is 1.26. The molecule has 0 nitrogen and oxygen atoms in total. The van der Waals surface area contributed by atoms with E-state index < -0.39 is 0 Å². The summed E-state index contributed by atoms with van der Waals surface area (Å²) in [5.74, 6) is -0.165. The fourth-order valence-corrected chi connectivity index (χ4v) is 1.81. The van der Waals surface area contributed by atoms with Crippen molar-refractivity contribution in [1.82, 2.24) is 0 Å². The zero-order valence-electron chi connectivity index (χ0n) is 5.77. The summed E-state index contributed by atoms with van der Waals surface area (Å²) in [7, 11) is 0. The van der Waals surface area contributed by atoms with Gasteiger partial charge in [0.1, 0.15) is 5.82 Å². The maximum absolute atomic E-state index is 12.6. The largest absolute Gasteiger partial charge is 0.207 e. The summed E-state index contributed by atoms with van der Waals surface area (Å²) in [6, 6.07) is 4.89. The van der Waals surface area contributed by atoms with E-state index in [2.05, 4.69) is 15.9 Å². The molecule has 0 aliphatic heterocycles. The molecule has 0 saturated heterocycles. The van der Waals surface area contributed by atoms with Crippen LogP contribution in [0.25, 0.3) is 6.08 Å². The molecule has 0 N–H and O–H groups in total. The molecule has 56 valence electrons. The summed E-state index contributed by atoms with van der Waals surface area (Å²) in [5.41, 5.74) is 2.19. The van der Waals surface area contributed by atoms with E-state index in [1.165, 1.54) is 11.6 Å². The lowest BCUT2D eigenvalue weighted by Gasteiger charge is -1.95. The van der Waals surface area contributed by atoms with Gasteiger partial charge in [0.15, 0.2) is 0 Å². The Labute approximate surface area is 72.9 Å². The van der Waals surface area contributed by atoms with Crippen molar-refractivity contribution in [1.29, 1.82) is 0 Å². The van der Waals surface area contributed by atoms with Crippen LogP contribution in [-0.4, -0.2) is 0 Å². The van der Waals surface area contributed by atoms with E-state index in [-0.39, 0.29) is 5.82 Å². The van der Waals surface area contributed by atoms with E-state index in [1.807, 2.05) is 12.1 Å². The number of hydrogen-bond acceptors (Lipinski definition) is 0. The Morgan fingerprint density at radius 3 is 3.00 bits per heavy atom. The number of benzene rings is 1. The van der Waals surface area contributed by atoms with E-state index in [0.29, 0.717) is 0 Å². The van der Waals surface area contributed by atoms with Crippen LogP contribution in [0.3, 0.4) is 0 Å². The molecule has 0 unspecified atom stereocenters. The summed E-state index contributed by atoms with van der Waals surface area (Å²) in [6.45, 7) is 0. The van der Waals surface area contributed by atoms with Gasteiger partial charge in [-0.05, 0) is 29.3 Å². The van der Waals surface area contributed by atoms with Crippen molar-refractivity contribution in [2.75, 3.05) is 0 Å². The van der Waals surface area contributed by atoms with Gasteiger partial charge in [0.05, 0.1) is 0 Å². The second-order valence-electron chi connectivity index (χ2n) is 2.61. The van der Waals surface area contributed by atoms with Crippen LogP contribution in [-0.2, 0) is 6.42 Å². The molecule has 0 fully saturated rings. The average Bonchev–Trinajstić information content (AvgIpc) is 2.27. The summed E-state index contributed by atoms with van der Waals surface area (Å²) in [5, 5.41) is 0. The molecule has 1 aliphatic rings. The van der Waals surface area contributed by atoms with Crippen LogP contribution >= 0.6 is 15.9 Å². The molecule has 0 aromatic heterocycles. The van der Waals surface area contributed by atoms with Crippen molar-refractivity contribution in [2.24, 2.45) is 0 Å². The van der Waals surface area contributed by atoms with Gasteiger partial charge in [-0.25, -0.2) is 4.39 Å². The maximum Gasteiger partial charge on any atom is 0.123 e. The van der Waals surface area contributed by atoms with Crippen molar-refractivity contribution >= 4 is 22.0 Å². The molecule has 1 aromatic rings. The Bertz CT molecular complexity index is 328. The maximum atomic E-state index is 12.6. The third kappa shape index (κ3) is 1.23. The predicted octanol–water partition coefficient (Wildman–Crippen LogP) is 3.12. The highest BCUT2D eigenvalue weighted by Gasteiger charge is 2.10. The van der Waals surface area contributed by atoms with Crippen LogP contribution in [0.5, 0.6) is 0 Å². The van der Waals surface area contributed by atoms with Crippen molar-refractivity contribution in [3.63, 3.8) is 0 Å². The van der Waals surface area contributed by atoms with Crippen LogP contribution in [0, 0.1) is 5.82 Å². The molecule has 0 radical (unpaired) electrons. The minimum atomic E-state index is -0.165. The van der Waals surface area contributed by atoms with Crippen LogP contribution in [0.2, 0.25) is 0 Å². The van der Waals surface area contributed by atoms with Gasteiger partial charge in [-0.15, -0.1) is 0 Å². The molecule has 0 atom stereocenters. The van der Waals surface area contributed by atoms with Gasteiger partial charge >= 0.3 is 0 Å². The van der Waals surface area contributed by atoms with Crippen LogP contribution < -0.4 is 0 Å². The summed E-state index contributed by atoms with van der Waals surface area (Å²) in [6.07, 6.45) is 2.86. The van der Waals surface area contributed by atoms with E-state index in [0.717, 1.165) is 16.5 Å². The minimum absolute atomic E-state index is 0.165. The van der Waals surface area contributed by atoms with Gasteiger partial charge in [-0.1, -0.05) is 22.0 Å². The Balaban J connectivity index is 2.54. The highest BCUT2D eigenvalue weighted by atomic mass is 79.9. The quantitative estimate of drug-likeness (QED) is 0.621. The number of rotatable bonds is 0. The first kappa shape index (κ1) is 7.04. The first-order valence-corrected chi connectivity index (χ1v) is 4.19. The van der Waals surface area contributed by atoms with Crippen LogP contribution in [0.1, 0.15) is 11.1 Å². The van der Waals surface area contributed by atoms with Gasteiger partial charge in [0.2, 0.25) is 0 Å². The van der Waals surface area contributed by atoms with Crippen molar-refractivity contribution in [2.45, 2.75) is 6.42 Å². The van der Waals surface area contributed by atoms with Gasteiger partial charge < -0.3 is 0 Å². The molecule has 0 bridgehead atoms. The van der Waals surface area contributed by atoms with Crippen molar-refractivity contribution < 1.29 is 4.39 Å². The first-order valence-electron chi connectivity index (χ1n) is 3.40. The lowest BCUT2D eigenvalue weighted by molar-refractivity contribution is 0.627. The molecular formula is C9H6BrF. The molecule has 2 heteroatoms. The van der Waals surface area contributed by atoms with Crippen LogP contribution in [0.4, 0.5) is 4.39 Å². The average molecular weight is 213 g/mol. The van der Waals surface area contributed by atoms with E-state index in [9.17, 15) is 4.39 Å². The van der Waals surface area contributed by atoms with E-state index in [4.69, 9.17) is 0 Å². The molecule has 0 saturated carbocycles. The first-order chi connectivity index (χ1) is 5.25. The zero-order chi connectivity index (χ0) is 7.84. The molecule has 1 aromatic carbocycles. The third-order valence-electron chi connectivity index (χ3n) is 1.78. The van der Waals surface area contributed by atoms with Gasteiger partial charge in [-0.3, -0.25) is 0 Å². The second kappa shape index (κ2) is 2.45. The van der Waals surface area contributed by atoms with Crippen molar-refractivity contribution in [3.8, 4) is 0 Å². The number of halogens is 2. The lowest BCUT2D eigenvalue weighted by Crippen LogP contribution is -1.82. The number of hydrogen-bond donors (Lipinski definition) is 0. The summed E-state index contributed by atoms with van der Waals surface area (Å²) < 4.78 is 13.8. The fraction of sp³-hybridized carbons (Fsp3) is 0.111. The Morgan fingerprint density at radius 2 is 2.18 bits per heavy atom. The predicted molar refractivity (Wildman–Crippen MR) is 47.0 cm³/mol. The monoisotopic (exact) mass is 212 g/mol. The SMILES string of the molecule is Fc1ccc2c(c1)C=C(Br)C2. The van der Waals surface area contributed by atoms with Crippen molar-refractivity contribution in [3.05, 3.63) is 39.6 Å². The number of fused-ring (bicyclic) bond motifs is 1. The molecule has 0 amide bonds. The third-order valence-corrected chi connectivity index (χ3v) is 2.29. The summed E-state index contributed by atoms with van der Waals surface area (Å²) >= 11 is 3.38. The van der Waals surface area contributed by atoms with Gasteiger partial charge in [0.25, 0.3) is 0 Å². The number of allylic oxidation sites excluding steroid dienone is 1. The topological polar surface area (TPSA) is 0 Å². The smallest absolute Gasteiger partial charge is 0.123 e. The molecule has 2 rings (SSSR count). The molecule has 0 spiro atoms. The van der Waals surface area contributed by atoms with Gasteiger partial charge in [0, 0.05) is 10.9 Å². The Morgan fingerprint density at radius 1 is 1.36 bits per heavy atom. The highest BCUT2D eigenvalue weighted by molar-refractivity contribution is 9.11. The summed E-state index contributed by atoms with van der Waals surface area (Å²) in [4.78, 5) is 0. The standard InChI is InChI=1S/C9H6BrF/c10-8-3-6-1-2-9(11)5-7(6)4-8/h1-2,4-5H,3H2. The molecule has 1 aliphatic carbocycles. The zero-order valence-corrected chi connectivity index (χ0v) is 7.36. The van der Waals surface area contributed by atoms with E-state index in [1.54, 1.807) is 6.07 Å². The Kier molecular flexibility index (Phi) is 1.57. The molecular weight excluding hydrogens is 207 g/mol. The normalized spacial score (nSPS) is 14.5. The Hall–Kier alpha value is -0.630. The second-order valence-corrected chi connectivity index (χ2v) is 3.63. The molecule has 0 heterocycles.